The SMILES string of the molecule is CC(C)(C)[Si](C)(C)Oc1cc2c(c(O[Si](C)(C)C(C)(C)C)c1)C[C@H](NC(=O)c1cc(O)c(O)c(O)c1)[C@@H](c1ccc(O[Si](C)(C)C(C)(C)C)c(O[Si](C)(C)C(C)(C)C)c1)O2. The summed E-state index contributed by atoms with van der Waals surface area (Å²) in [6.45, 7) is 44.1. The van der Waals surface area contributed by atoms with Gasteiger partial charge in [-0.3, -0.25) is 4.79 Å². The third-order valence-electron chi connectivity index (χ3n) is 13.8. The van der Waals surface area contributed by atoms with Crippen LogP contribution in [0, 0.1) is 0 Å². The van der Waals surface area contributed by atoms with Gasteiger partial charge in [0.15, 0.2) is 17.2 Å². The summed E-state index contributed by atoms with van der Waals surface area (Å²) >= 11 is 0. The molecule has 0 aliphatic carbocycles. The van der Waals surface area contributed by atoms with Crippen LogP contribution in [0.1, 0.15) is 111 Å². The van der Waals surface area contributed by atoms with Gasteiger partial charge in [-0.05, 0) is 102 Å². The number of fused-ring (bicyclic) bond motifs is 1. The summed E-state index contributed by atoms with van der Waals surface area (Å²) in [4.78, 5) is 14.1. The summed E-state index contributed by atoms with van der Waals surface area (Å²) in [7, 11) is -9.40. The van der Waals surface area contributed by atoms with E-state index in [1.807, 2.05) is 30.3 Å². The van der Waals surface area contributed by atoms with E-state index < -0.39 is 68.6 Å². The second-order valence-electron chi connectivity index (χ2n) is 22.7. The van der Waals surface area contributed by atoms with Gasteiger partial charge in [-0.25, -0.2) is 0 Å². The highest BCUT2D eigenvalue weighted by Crippen LogP contribution is 2.50. The van der Waals surface area contributed by atoms with Crippen LogP contribution in [0.5, 0.6) is 46.0 Å². The average Bonchev–Trinajstić information content (AvgIpc) is 3.05. The highest BCUT2D eigenvalue weighted by molar-refractivity contribution is 6.76. The third kappa shape index (κ3) is 10.5. The van der Waals surface area contributed by atoms with Gasteiger partial charge in [-0.1, -0.05) is 89.2 Å². The fourth-order valence-electron chi connectivity index (χ4n) is 5.61. The molecule has 334 valence electrons. The molecule has 1 heterocycles. The number of carbonyl (C=O) groups excluding carboxylic acids is 1. The van der Waals surface area contributed by atoms with Crippen LogP contribution in [-0.4, -0.2) is 60.5 Å². The molecule has 0 radical (unpaired) electrons. The third-order valence-corrected chi connectivity index (χ3v) is 31.2. The van der Waals surface area contributed by atoms with Gasteiger partial charge in [-0.2, -0.15) is 0 Å². The van der Waals surface area contributed by atoms with E-state index in [2.05, 4.69) is 141 Å². The normalized spacial score (nSPS) is 17.0. The minimum atomic E-state index is -2.40. The molecule has 3 aromatic rings. The van der Waals surface area contributed by atoms with E-state index in [-0.39, 0.29) is 25.7 Å². The number of hydrogen-bond acceptors (Lipinski definition) is 9. The minimum absolute atomic E-state index is 0.0247. The van der Waals surface area contributed by atoms with E-state index in [1.165, 1.54) is 0 Å². The Morgan fingerprint density at radius 1 is 0.600 bits per heavy atom. The van der Waals surface area contributed by atoms with Crippen molar-refractivity contribution in [3.05, 3.63) is 59.2 Å². The quantitative estimate of drug-likeness (QED) is 0.110. The Morgan fingerprint density at radius 2 is 1.03 bits per heavy atom. The van der Waals surface area contributed by atoms with Crippen molar-refractivity contribution in [1.82, 2.24) is 5.32 Å². The number of ether oxygens (including phenoxy) is 1. The van der Waals surface area contributed by atoms with Gasteiger partial charge in [0.2, 0.25) is 16.6 Å². The number of hydrogen-bond donors (Lipinski definition) is 4. The number of phenols is 3. The summed E-state index contributed by atoms with van der Waals surface area (Å²) in [5, 5.41) is 33.6. The van der Waals surface area contributed by atoms with E-state index in [9.17, 15) is 20.1 Å². The second kappa shape index (κ2) is 16.3. The van der Waals surface area contributed by atoms with Gasteiger partial charge < -0.3 is 43.1 Å². The van der Waals surface area contributed by atoms with E-state index >= 15 is 0 Å². The average molecular weight is 898 g/mol. The van der Waals surface area contributed by atoms with Crippen LogP contribution in [0.4, 0.5) is 0 Å². The standard InChI is InChI=1S/C46H75NO9Si4/c1-43(2,3)57(13,14)53-31-26-37-32(38(27-31)55-59(17,18)45(7,8)9)28-33(47-42(51)30-23-34(48)40(50)35(49)24-30)41(52-37)29-21-22-36(54-58(15,16)44(4,5)6)39(25-29)56-60(19,20)46(10,11)12/h21-27,33,41,48-50H,28H2,1-20H3,(H,47,51)/t33-,41+/m0/s1. The molecule has 1 amide bonds. The largest absolute Gasteiger partial charge is 0.543 e. The minimum Gasteiger partial charge on any atom is -0.543 e. The van der Waals surface area contributed by atoms with E-state index in [4.69, 9.17) is 22.4 Å². The molecule has 4 rings (SSSR count). The predicted octanol–water partition coefficient (Wildman–Crippen LogP) is 12.8. The molecule has 0 saturated heterocycles. The molecule has 14 heteroatoms. The van der Waals surface area contributed by atoms with E-state index in [0.717, 1.165) is 23.3 Å². The Bertz CT molecular complexity index is 2050. The summed E-state index contributed by atoms with van der Waals surface area (Å²) in [6, 6.07) is 11.5. The summed E-state index contributed by atoms with van der Waals surface area (Å²) < 4.78 is 35.1. The van der Waals surface area contributed by atoms with Crippen LogP contribution in [0.3, 0.4) is 0 Å². The number of amides is 1. The Kier molecular flexibility index (Phi) is 13.3. The first-order chi connectivity index (χ1) is 26.9. The van der Waals surface area contributed by atoms with Crippen molar-refractivity contribution in [2.45, 2.75) is 174 Å². The monoisotopic (exact) mass is 897 g/mol. The maximum absolute atomic E-state index is 14.1. The smallest absolute Gasteiger partial charge is 0.251 e. The topological polar surface area (TPSA) is 136 Å². The molecule has 0 fully saturated rings. The highest BCUT2D eigenvalue weighted by Gasteiger charge is 2.45. The first-order valence-electron chi connectivity index (χ1n) is 21.2. The lowest BCUT2D eigenvalue weighted by Crippen LogP contribution is -2.47. The maximum Gasteiger partial charge on any atom is 0.251 e. The number of benzene rings is 3. The first kappa shape index (κ1) is 49.1. The fourth-order valence-corrected chi connectivity index (χ4v) is 9.70. The molecule has 0 unspecified atom stereocenters. The van der Waals surface area contributed by atoms with Crippen molar-refractivity contribution in [3.8, 4) is 46.0 Å². The molecule has 0 spiro atoms. The van der Waals surface area contributed by atoms with Crippen LogP contribution in [0.2, 0.25) is 72.5 Å². The second-order valence-corrected chi connectivity index (χ2v) is 41.6. The number of carbonyl (C=O) groups is 1. The molecule has 4 N–H and O–H groups in total. The van der Waals surface area contributed by atoms with E-state index in [1.54, 1.807) is 0 Å². The zero-order chi connectivity index (χ0) is 46.0. The first-order valence-corrected chi connectivity index (χ1v) is 32.8. The van der Waals surface area contributed by atoms with Crippen molar-refractivity contribution in [3.63, 3.8) is 0 Å². The molecule has 1 aliphatic rings. The van der Waals surface area contributed by atoms with Crippen molar-refractivity contribution in [2.24, 2.45) is 0 Å². The van der Waals surface area contributed by atoms with Crippen LogP contribution < -0.4 is 27.8 Å². The van der Waals surface area contributed by atoms with Crippen molar-refractivity contribution in [2.75, 3.05) is 0 Å². The van der Waals surface area contributed by atoms with Gasteiger partial charge in [0, 0.05) is 29.7 Å². The number of rotatable bonds is 11. The molecule has 2 atom stereocenters. The van der Waals surface area contributed by atoms with Crippen LogP contribution in [0.15, 0.2) is 42.5 Å². The summed E-state index contributed by atoms with van der Waals surface area (Å²) in [5.74, 6) is 0.766. The lowest BCUT2D eigenvalue weighted by Gasteiger charge is -2.41. The predicted molar refractivity (Wildman–Crippen MR) is 254 cm³/mol. The van der Waals surface area contributed by atoms with Crippen LogP contribution in [0.25, 0.3) is 0 Å². The van der Waals surface area contributed by atoms with Gasteiger partial charge in [0.25, 0.3) is 22.5 Å². The molecule has 10 nitrogen and oxygen atoms in total. The Labute approximate surface area is 364 Å². The zero-order valence-electron chi connectivity index (χ0n) is 40.2. The van der Waals surface area contributed by atoms with Gasteiger partial charge in [0.05, 0.1) is 6.04 Å². The lowest BCUT2D eigenvalue weighted by atomic mass is 9.91. The van der Waals surface area contributed by atoms with Gasteiger partial charge >= 0.3 is 0 Å². The molecule has 0 saturated carbocycles. The van der Waals surface area contributed by atoms with Gasteiger partial charge in [-0.15, -0.1) is 0 Å². The molecular weight excluding hydrogens is 823 g/mol. The Hall–Kier alpha value is -3.60. The fraction of sp³-hybridized carbons (Fsp3) is 0.587. The van der Waals surface area contributed by atoms with Gasteiger partial charge in [0.1, 0.15) is 34.9 Å². The Morgan fingerprint density at radius 3 is 1.50 bits per heavy atom. The maximum atomic E-state index is 14.1. The number of nitrogens with one attached hydrogen (secondary N) is 1. The van der Waals surface area contributed by atoms with Crippen LogP contribution in [-0.2, 0) is 6.42 Å². The van der Waals surface area contributed by atoms with Crippen molar-refractivity contribution < 1.29 is 42.6 Å². The summed E-state index contributed by atoms with van der Waals surface area (Å²) in [5.41, 5.74) is 1.54. The lowest BCUT2D eigenvalue weighted by molar-refractivity contribution is 0.0837. The van der Waals surface area contributed by atoms with Crippen molar-refractivity contribution >= 4 is 39.2 Å². The summed E-state index contributed by atoms with van der Waals surface area (Å²) in [6.07, 6.45) is -0.402. The molecule has 60 heavy (non-hydrogen) atoms. The molecular formula is C46H75NO9Si4. The van der Waals surface area contributed by atoms with Crippen LogP contribution >= 0.6 is 0 Å². The number of aromatic hydroxyl groups is 3. The van der Waals surface area contributed by atoms with Crippen molar-refractivity contribution in [1.29, 1.82) is 0 Å². The molecule has 3 aromatic carbocycles. The highest BCUT2D eigenvalue weighted by atomic mass is 28.4. The van der Waals surface area contributed by atoms with E-state index in [0.29, 0.717) is 35.2 Å². The number of phenolic OH excluding ortho intramolecular Hbond substituents is 3. The zero-order valence-corrected chi connectivity index (χ0v) is 44.2. The molecule has 0 bridgehead atoms. The Balaban J connectivity index is 1.99. The molecule has 1 aliphatic heterocycles. The molecule has 0 aromatic heterocycles.